The van der Waals surface area contributed by atoms with Crippen molar-refractivity contribution in [2.45, 2.75) is 51.5 Å². The second-order valence-electron chi connectivity index (χ2n) is 7.53. The largest absolute Gasteiger partial charge is 0.469 e. The van der Waals surface area contributed by atoms with Gasteiger partial charge in [-0.1, -0.05) is 26.0 Å². The average molecular weight is 340 g/mol. The lowest BCUT2D eigenvalue weighted by atomic mass is 9.71. The van der Waals surface area contributed by atoms with E-state index < -0.39 is 0 Å². The van der Waals surface area contributed by atoms with Crippen molar-refractivity contribution in [2.24, 2.45) is 5.92 Å². The van der Waals surface area contributed by atoms with E-state index in [2.05, 4.69) is 41.9 Å². The number of carbonyl (C=O) groups excluding carboxylic acids is 1. The van der Waals surface area contributed by atoms with Crippen LogP contribution in [0.15, 0.2) is 18.2 Å². The Morgan fingerprint density at radius 1 is 1.36 bits per heavy atom. The molecule has 0 amide bonds. The second kappa shape index (κ2) is 6.49. The summed E-state index contributed by atoms with van der Waals surface area (Å²) >= 11 is 0. The smallest absolute Gasteiger partial charge is 0.309 e. The Morgan fingerprint density at radius 3 is 2.92 bits per heavy atom. The first-order valence-electron chi connectivity index (χ1n) is 9.62. The first kappa shape index (κ1) is 16.6. The van der Waals surface area contributed by atoms with Crippen molar-refractivity contribution in [3.05, 3.63) is 35.0 Å². The van der Waals surface area contributed by atoms with Crippen molar-refractivity contribution < 1.29 is 9.53 Å². The number of aromatic amines is 1. The molecule has 1 aliphatic carbocycles. The molecule has 25 heavy (non-hydrogen) atoms. The molecule has 0 bridgehead atoms. The summed E-state index contributed by atoms with van der Waals surface area (Å²) in [6.45, 7) is 6.33. The molecule has 2 aliphatic rings. The van der Waals surface area contributed by atoms with Crippen molar-refractivity contribution in [3.8, 4) is 0 Å². The molecule has 1 fully saturated rings. The molecule has 0 saturated carbocycles. The molecular formula is C21H28N2O2. The predicted octanol–water partition coefficient (Wildman–Crippen LogP) is 3.64. The number of nitrogens with one attached hydrogen (secondary N) is 1. The summed E-state index contributed by atoms with van der Waals surface area (Å²) in [5, 5.41) is 1.42. The van der Waals surface area contributed by atoms with E-state index in [-0.39, 0.29) is 11.9 Å². The molecule has 0 radical (unpaired) electrons. The third-order valence-corrected chi connectivity index (χ3v) is 6.19. The number of esters is 1. The van der Waals surface area contributed by atoms with Crippen LogP contribution in [0.5, 0.6) is 0 Å². The van der Waals surface area contributed by atoms with Gasteiger partial charge < -0.3 is 9.72 Å². The van der Waals surface area contributed by atoms with E-state index in [1.54, 1.807) is 0 Å². The summed E-state index contributed by atoms with van der Waals surface area (Å²) in [5.41, 5.74) is 5.57. The van der Waals surface area contributed by atoms with Crippen molar-refractivity contribution in [3.63, 3.8) is 0 Å². The summed E-state index contributed by atoms with van der Waals surface area (Å²) in [6, 6.07) is 7.12. The lowest BCUT2D eigenvalue weighted by Crippen LogP contribution is -2.51. The molecule has 1 aromatic heterocycles. The van der Waals surface area contributed by atoms with Gasteiger partial charge in [0.05, 0.1) is 13.0 Å². The van der Waals surface area contributed by atoms with Gasteiger partial charge in [-0.2, -0.15) is 0 Å². The van der Waals surface area contributed by atoms with Crippen LogP contribution in [-0.4, -0.2) is 42.1 Å². The van der Waals surface area contributed by atoms with Crippen molar-refractivity contribution >= 4 is 16.9 Å². The fraction of sp³-hybridized carbons (Fsp3) is 0.571. The summed E-state index contributed by atoms with van der Waals surface area (Å²) < 4.78 is 5.09. The van der Waals surface area contributed by atoms with Crippen LogP contribution in [-0.2, 0) is 22.4 Å². The number of methoxy groups -OCH3 is 1. The number of carbonyl (C=O) groups is 1. The van der Waals surface area contributed by atoms with E-state index in [1.165, 1.54) is 34.8 Å². The third-order valence-electron chi connectivity index (χ3n) is 6.19. The van der Waals surface area contributed by atoms with Gasteiger partial charge in [-0.15, -0.1) is 0 Å². The number of benzene rings is 1. The number of fused-ring (bicyclic) bond motifs is 2. The molecule has 1 saturated heterocycles. The Hall–Kier alpha value is -1.81. The zero-order chi connectivity index (χ0) is 17.6. The number of H-pyrrole nitrogens is 1. The Bertz CT molecular complexity index is 795. The van der Waals surface area contributed by atoms with Gasteiger partial charge in [-0.3, -0.25) is 9.69 Å². The quantitative estimate of drug-likeness (QED) is 0.864. The maximum absolute atomic E-state index is 12.3. The van der Waals surface area contributed by atoms with Crippen molar-refractivity contribution in [1.29, 1.82) is 0 Å². The molecule has 134 valence electrons. The van der Waals surface area contributed by atoms with Gasteiger partial charge in [0.2, 0.25) is 0 Å². The molecule has 3 atom stereocenters. The number of likely N-dealkylation sites (tertiary alicyclic amines) is 1. The number of nitrogens with zero attached hydrogens (tertiary/aromatic N) is 1. The monoisotopic (exact) mass is 340 g/mol. The average Bonchev–Trinajstić information content (AvgIpc) is 3.01. The molecule has 2 aromatic rings. The van der Waals surface area contributed by atoms with Crippen LogP contribution < -0.4 is 0 Å². The van der Waals surface area contributed by atoms with Crippen LogP contribution >= 0.6 is 0 Å². The lowest BCUT2D eigenvalue weighted by Gasteiger charge is -2.46. The molecule has 1 aliphatic heterocycles. The first-order chi connectivity index (χ1) is 12.2. The number of rotatable bonds is 4. The van der Waals surface area contributed by atoms with Gasteiger partial charge in [0.25, 0.3) is 0 Å². The van der Waals surface area contributed by atoms with E-state index in [0.717, 1.165) is 38.8 Å². The summed E-state index contributed by atoms with van der Waals surface area (Å²) in [4.78, 5) is 18.5. The molecule has 2 heterocycles. The van der Waals surface area contributed by atoms with Gasteiger partial charge >= 0.3 is 5.97 Å². The Labute approximate surface area is 149 Å². The fourth-order valence-corrected chi connectivity index (χ4v) is 5.14. The first-order valence-corrected chi connectivity index (χ1v) is 9.62. The molecule has 4 heteroatoms. The van der Waals surface area contributed by atoms with Gasteiger partial charge in [0, 0.05) is 35.1 Å². The van der Waals surface area contributed by atoms with Gasteiger partial charge in [-0.25, -0.2) is 0 Å². The number of hydrogen-bond acceptors (Lipinski definition) is 3. The summed E-state index contributed by atoms with van der Waals surface area (Å²) in [7, 11) is 1.51. The topological polar surface area (TPSA) is 45.3 Å². The van der Waals surface area contributed by atoms with E-state index in [0.29, 0.717) is 12.0 Å². The summed E-state index contributed by atoms with van der Waals surface area (Å²) in [5.74, 6) is 0.348. The molecule has 0 spiro atoms. The van der Waals surface area contributed by atoms with Crippen LogP contribution in [0.2, 0.25) is 0 Å². The number of piperidine rings is 1. The molecule has 4 nitrogen and oxygen atoms in total. The zero-order valence-electron chi connectivity index (χ0n) is 15.5. The van der Waals surface area contributed by atoms with Crippen molar-refractivity contribution in [2.75, 3.05) is 20.2 Å². The van der Waals surface area contributed by atoms with E-state index in [1.807, 2.05) is 0 Å². The molecule has 1 aromatic carbocycles. The minimum Gasteiger partial charge on any atom is -0.469 e. The standard InChI is InChI=1S/C21H28N2O2/c1-4-9-23-12-13(21(24)25-3)10-15-14-7-6-8-18-20(14)16(11-19(15)23)17(5-2)22-18/h6-8,13,15,19,22H,4-5,9-12H2,1-3H3/t13-,15?,19+/m0/s1. The van der Waals surface area contributed by atoms with Crippen molar-refractivity contribution in [1.82, 2.24) is 9.88 Å². The van der Waals surface area contributed by atoms with E-state index >= 15 is 0 Å². The fourth-order valence-electron chi connectivity index (χ4n) is 5.14. The maximum Gasteiger partial charge on any atom is 0.309 e. The highest BCUT2D eigenvalue weighted by Crippen LogP contribution is 2.46. The maximum atomic E-state index is 12.3. The molecular weight excluding hydrogens is 312 g/mol. The normalized spacial score (nSPS) is 25.8. The minimum absolute atomic E-state index is 0.0146. The predicted molar refractivity (Wildman–Crippen MR) is 99.9 cm³/mol. The van der Waals surface area contributed by atoms with Crippen LogP contribution in [0.3, 0.4) is 0 Å². The Morgan fingerprint density at radius 2 is 2.20 bits per heavy atom. The van der Waals surface area contributed by atoms with Crippen LogP contribution in [0.1, 0.15) is 49.4 Å². The van der Waals surface area contributed by atoms with Crippen LogP contribution in [0, 0.1) is 5.92 Å². The number of aromatic nitrogens is 1. The molecule has 1 N–H and O–H groups in total. The number of ether oxygens (including phenoxy) is 1. The summed E-state index contributed by atoms with van der Waals surface area (Å²) in [6.07, 6.45) is 4.16. The van der Waals surface area contributed by atoms with Crippen LogP contribution in [0.25, 0.3) is 10.9 Å². The van der Waals surface area contributed by atoms with E-state index in [4.69, 9.17) is 4.74 Å². The molecule has 1 unspecified atom stereocenters. The highest BCUT2D eigenvalue weighted by molar-refractivity contribution is 5.90. The Balaban J connectivity index is 1.81. The van der Waals surface area contributed by atoms with Gasteiger partial charge in [-0.05, 0) is 49.4 Å². The lowest BCUT2D eigenvalue weighted by molar-refractivity contribution is -0.148. The zero-order valence-corrected chi connectivity index (χ0v) is 15.5. The Kier molecular flexibility index (Phi) is 4.32. The second-order valence-corrected chi connectivity index (χ2v) is 7.53. The SMILES string of the molecule is CCCN1C[C@@H](C(=O)OC)CC2c3cccc4[nH]c(CC)c(c34)C[C@H]21. The third kappa shape index (κ3) is 2.58. The van der Waals surface area contributed by atoms with Gasteiger partial charge in [0.1, 0.15) is 0 Å². The minimum atomic E-state index is -0.0548. The van der Waals surface area contributed by atoms with Crippen LogP contribution in [0.4, 0.5) is 0 Å². The van der Waals surface area contributed by atoms with E-state index in [9.17, 15) is 4.79 Å². The number of hydrogen-bond donors (Lipinski definition) is 1. The van der Waals surface area contributed by atoms with Gasteiger partial charge in [0.15, 0.2) is 0 Å². The number of aryl methyl sites for hydroxylation is 1. The highest BCUT2D eigenvalue weighted by Gasteiger charge is 2.43. The molecule has 4 rings (SSSR count). The highest BCUT2D eigenvalue weighted by atomic mass is 16.5.